The zero-order valence-electron chi connectivity index (χ0n) is 15.7. The zero-order valence-corrected chi connectivity index (χ0v) is 16.6. The van der Waals surface area contributed by atoms with Crippen LogP contribution in [0.5, 0.6) is 5.75 Å². The summed E-state index contributed by atoms with van der Waals surface area (Å²) < 4.78 is 5.96. The van der Waals surface area contributed by atoms with Crippen LogP contribution in [0.1, 0.15) is 40.7 Å². The lowest BCUT2D eigenvalue weighted by Crippen LogP contribution is -2.41. The van der Waals surface area contributed by atoms with Gasteiger partial charge in [-0.05, 0) is 51.3 Å². The highest BCUT2D eigenvalue weighted by Crippen LogP contribution is 2.26. The summed E-state index contributed by atoms with van der Waals surface area (Å²) in [7, 11) is 0. The molecule has 0 spiro atoms. The maximum atomic E-state index is 12.9. The Morgan fingerprint density at radius 3 is 3.04 bits per heavy atom. The van der Waals surface area contributed by atoms with Gasteiger partial charge in [-0.1, -0.05) is 23.5 Å². The standard InChI is InChI=1S/C20H27N3O2S/c1-4-21-20-22-15(3)18(26-20)19(24)23-10-6-8-16(12-23)13-25-17-9-5-7-14(2)11-17/h5,7,9,11,16H,4,6,8,10,12-13H2,1-3H3,(H,21,22)/t16-/m1/s1. The molecule has 1 aliphatic heterocycles. The summed E-state index contributed by atoms with van der Waals surface area (Å²) in [6.45, 7) is 9.02. The first-order valence-electron chi connectivity index (χ1n) is 9.27. The molecule has 0 bridgehead atoms. The molecule has 3 rings (SSSR count). The maximum absolute atomic E-state index is 12.9. The minimum absolute atomic E-state index is 0.101. The highest BCUT2D eigenvalue weighted by atomic mass is 32.1. The van der Waals surface area contributed by atoms with E-state index in [2.05, 4.69) is 29.4 Å². The Bertz CT molecular complexity index is 759. The monoisotopic (exact) mass is 373 g/mol. The van der Waals surface area contributed by atoms with E-state index in [1.807, 2.05) is 30.9 Å². The number of rotatable bonds is 6. The Hall–Kier alpha value is -2.08. The van der Waals surface area contributed by atoms with Crippen molar-refractivity contribution in [1.82, 2.24) is 9.88 Å². The van der Waals surface area contributed by atoms with Crippen LogP contribution in [0.25, 0.3) is 0 Å². The summed E-state index contributed by atoms with van der Waals surface area (Å²) in [6, 6.07) is 8.11. The molecule has 26 heavy (non-hydrogen) atoms. The molecular weight excluding hydrogens is 346 g/mol. The lowest BCUT2D eigenvalue weighted by Gasteiger charge is -2.32. The molecule has 0 unspecified atom stereocenters. The lowest BCUT2D eigenvalue weighted by molar-refractivity contribution is 0.0637. The molecule has 1 aromatic carbocycles. The van der Waals surface area contributed by atoms with Crippen LogP contribution in [-0.2, 0) is 0 Å². The van der Waals surface area contributed by atoms with E-state index >= 15 is 0 Å². The number of aryl methyl sites for hydroxylation is 2. The lowest BCUT2D eigenvalue weighted by atomic mass is 9.98. The second-order valence-electron chi connectivity index (χ2n) is 6.85. The van der Waals surface area contributed by atoms with Gasteiger partial charge in [0.2, 0.25) is 0 Å². The van der Waals surface area contributed by atoms with E-state index in [1.54, 1.807) is 0 Å². The van der Waals surface area contributed by atoms with Crippen LogP contribution in [0, 0.1) is 19.8 Å². The highest BCUT2D eigenvalue weighted by Gasteiger charge is 2.27. The van der Waals surface area contributed by atoms with Crippen molar-refractivity contribution in [2.75, 3.05) is 31.6 Å². The minimum Gasteiger partial charge on any atom is -0.493 e. The van der Waals surface area contributed by atoms with Crippen molar-refractivity contribution >= 4 is 22.4 Å². The number of aromatic nitrogens is 1. The Balaban J connectivity index is 1.60. The molecule has 140 valence electrons. The number of amides is 1. The third-order valence-electron chi connectivity index (χ3n) is 4.60. The number of carbonyl (C=O) groups is 1. The van der Waals surface area contributed by atoms with Crippen LogP contribution < -0.4 is 10.1 Å². The van der Waals surface area contributed by atoms with Crippen LogP contribution in [0.4, 0.5) is 5.13 Å². The van der Waals surface area contributed by atoms with Gasteiger partial charge in [0.25, 0.3) is 5.91 Å². The highest BCUT2D eigenvalue weighted by molar-refractivity contribution is 7.17. The third-order valence-corrected chi connectivity index (χ3v) is 5.70. The molecule has 1 atom stereocenters. The van der Waals surface area contributed by atoms with Crippen molar-refractivity contribution < 1.29 is 9.53 Å². The molecule has 1 saturated heterocycles. The smallest absolute Gasteiger partial charge is 0.265 e. The number of hydrogen-bond donors (Lipinski definition) is 1. The number of benzene rings is 1. The minimum atomic E-state index is 0.101. The zero-order chi connectivity index (χ0) is 18.5. The molecule has 0 aliphatic carbocycles. The average molecular weight is 374 g/mol. The van der Waals surface area contributed by atoms with Crippen molar-refractivity contribution in [2.24, 2.45) is 5.92 Å². The van der Waals surface area contributed by atoms with Gasteiger partial charge in [-0.25, -0.2) is 4.98 Å². The predicted molar refractivity (Wildman–Crippen MR) is 106 cm³/mol. The maximum Gasteiger partial charge on any atom is 0.265 e. The van der Waals surface area contributed by atoms with Crippen LogP contribution in [0.15, 0.2) is 24.3 Å². The van der Waals surface area contributed by atoms with Gasteiger partial charge in [0.15, 0.2) is 5.13 Å². The van der Waals surface area contributed by atoms with Gasteiger partial charge in [-0.15, -0.1) is 0 Å². The van der Waals surface area contributed by atoms with Gasteiger partial charge in [0, 0.05) is 25.6 Å². The number of carbonyl (C=O) groups excluding carboxylic acids is 1. The molecular formula is C20H27N3O2S. The van der Waals surface area contributed by atoms with E-state index < -0.39 is 0 Å². The van der Waals surface area contributed by atoms with Crippen molar-refractivity contribution in [3.63, 3.8) is 0 Å². The second-order valence-corrected chi connectivity index (χ2v) is 7.85. The Morgan fingerprint density at radius 1 is 1.42 bits per heavy atom. The van der Waals surface area contributed by atoms with Crippen LogP contribution in [0.3, 0.4) is 0 Å². The largest absolute Gasteiger partial charge is 0.493 e. The Morgan fingerprint density at radius 2 is 2.27 bits per heavy atom. The molecule has 0 radical (unpaired) electrons. The van der Waals surface area contributed by atoms with Gasteiger partial charge in [0.05, 0.1) is 12.3 Å². The topological polar surface area (TPSA) is 54.5 Å². The van der Waals surface area contributed by atoms with Gasteiger partial charge in [0.1, 0.15) is 10.6 Å². The van der Waals surface area contributed by atoms with E-state index in [-0.39, 0.29) is 5.91 Å². The van der Waals surface area contributed by atoms with E-state index in [0.717, 1.165) is 53.9 Å². The number of piperidine rings is 1. The molecule has 1 fully saturated rings. The number of nitrogens with zero attached hydrogens (tertiary/aromatic N) is 2. The van der Waals surface area contributed by atoms with Gasteiger partial charge in [-0.2, -0.15) is 0 Å². The summed E-state index contributed by atoms with van der Waals surface area (Å²) in [5, 5.41) is 4.02. The summed E-state index contributed by atoms with van der Waals surface area (Å²) in [6.07, 6.45) is 2.12. The predicted octanol–water partition coefficient (Wildman–Crippen LogP) is 4.12. The first-order valence-corrected chi connectivity index (χ1v) is 10.1. The summed E-state index contributed by atoms with van der Waals surface area (Å²) in [5.41, 5.74) is 2.01. The number of thiazole rings is 1. The van der Waals surface area contributed by atoms with Crippen LogP contribution in [0.2, 0.25) is 0 Å². The first kappa shape index (κ1) is 18.7. The normalized spacial score (nSPS) is 17.2. The molecule has 1 amide bonds. The van der Waals surface area contributed by atoms with E-state index in [4.69, 9.17) is 4.74 Å². The number of ether oxygens (including phenoxy) is 1. The number of likely N-dealkylation sites (tertiary alicyclic amines) is 1. The quantitative estimate of drug-likeness (QED) is 0.827. The van der Waals surface area contributed by atoms with E-state index in [1.165, 1.54) is 16.9 Å². The van der Waals surface area contributed by atoms with Crippen molar-refractivity contribution in [2.45, 2.75) is 33.6 Å². The van der Waals surface area contributed by atoms with Crippen molar-refractivity contribution in [1.29, 1.82) is 0 Å². The van der Waals surface area contributed by atoms with Gasteiger partial charge < -0.3 is 15.0 Å². The molecule has 1 aliphatic rings. The Labute approximate surface area is 159 Å². The molecule has 0 saturated carbocycles. The second kappa shape index (κ2) is 8.54. The van der Waals surface area contributed by atoms with Crippen LogP contribution >= 0.6 is 11.3 Å². The van der Waals surface area contributed by atoms with E-state index in [9.17, 15) is 4.79 Å². The van der Waals surface area contributed by atoms with Crippen molar-refractivity contribution in [3.05, 3.63) is 40.4 Å². The SMILES string of the molecule is CCNc1nc(C)c(C(=O)N2CCC[C@@H](COc3cccc(C)c3)C2)s1. The number of hydrogen-bond acceptors (Lipinski definition) is 5. The fourth-order valence-electron chi connectivity index (χ4n) is 3.27. The first-order chi connectivity index (χ1) is 12.6. The molecule has 1 N–H and O–H groups in total. The summed E-state index contributed by atoms with van der Waals surface area (Å²) in [4.78, 5) is 20.1. The summed E-state index contributed by atoms with van der Waals surface area (Å²) in [5.74, 6) is 1.38. The number of nitrogens with one attached hydrogen (secondary N) is 1. The summed E-state index contributed by atoms with van der Waals surface area (Å²) >= 11 is 1.45. The fourth-order valence-corrected chi connectivity index (χ4v) is 4.27. The Kier molecular flexibility index (Phi) is 6.14. The molecule has 2 aromatic rings. The van der Waals surface area contributed by atoms with Crippen LogP contribution in [-0.4, -0.2) is 42.0 Å². The van der Waals surface area contributed by atoms with Crippen molar-refractivity contribution in [3.8, 4) is 5.75 Å². The molecule has 5 nitrogen and oxygen atoms in total. The number of anilines is 1. The van der Waals surface area contributed by atoms with Gasteiger partial charge >= 0.3 is 0 Å². The molecule has 6 heteroatoms. The fraction of sp³-hybridized carbons (Fsp3) is 0.500. The van der Waals surface area contributed by atoms with E-state index in [0.29, 0.717) is 12.5 Å². The molecule has 1 aromatic heterocycles. The third kappa shape index (κ3) is 4.55. The van der Waals surface area contributed by atoms with Gasteiger partial charge in [-0.3, -0.25) is 4.79 Å². The molecule has 2 heterocycles. The average Bonchev–Trinajstić information content (AvgIpc) is 3.00.